The normalized spacial score (nSPS) is 35.5. The minimum absolute atomic E-state index is 0.107. The van der Waals surface area contributed by atoms with Crippen molar-refractivity contribution < 1.29 is 10.2 Å². The lowest BCUT2D eigenvalue weighted by atomic mass is 9.56. The van der Waals surface area contributed by atoms with E-state index in [4.69, 9.17) is 0 Å². The van der Waals surface area contributed by atoms with Crippen LogP contribution in [0, 0.1) is 17.3 Å². The molecule has 2 nitrogen and oxygen atoms in total. The number of aliphatic hydroxyl groups excluding tert-OH is 1. The summed E-state index contributed by atoms with van der Waals surface area (Å²) in [6, 6.07) is 14.5. The zero-order chi connectivity index (χ0) is 17.9. The molecule has 136 valence electrons. The van der Waals surface area contributed by atoms with Crippen LogP contribution >= 0.6 is 0 Å². The molecule has 0 saturated heterocycles. The average Bonchev–Trinajstić information content (AvgIpc) is 2.95. The van der Waals surface area contributed by atoms with Crippen molar-refractivity contribution in [3.8, 4) is 16.9 Å². The maximum Gasteiger partial charge on any atom is 0.123 e. The second-order valence-corrected chi connectivity index (χ2v) is 9.14. The van der Waals surface area contributed by atoms with Gasteiger partial charge in [-0.3, -0.25) is 0 Å². The standard InChI is InChI=1S/C24H28O2/c1-24-10-9-18-19(22(24)12-17(25)14-24)8-7-16-11-23(26)21(13-20(16)18)15-5-3-2-4-6-15/h2-6,11,13,17-19,22,25-26H,7-10,12,14H2,1H3/t17-,18+,19-,22+,24-/m1/s1. The zero-order valence-electron chi connectivity index (χ0n) is 15.5. The van der Waals surface area contributed by atoms with E-state index in [0.717, 1.165) is 30.4 Å². The Morgan fingerprint density at radius 3 is 2.69 bits per heavy atom. The lowest BCUT2D eigenvalue weighted by Gasteiger charge is -2.49. The number of aliphatic hydroxyl groups is 1. The Balaban J connectivity index is 1.56. The second-order valence-electron chi connectivity index (χ2n) is 9.14. The number of phenolic OH excluding ortho intramolecular Hbond substituents is 1. The third kappa shape index (κ3) is 2.42. The van der Waals surface area contributed by atoms with Crippen molar-refractivity contribution in [3.05, 3.63) is 53.6 Å². The summed E-state index contributed by atoms with van der Waals surface area (Å²) >= 11 is 0. The monoisotopic (exact) mass is 348 g/mol. The maximum absolute atomic E-state index is 10.6. The molecule has 0 unspecified atom stereocenters. The average molecular weight is 348 g/mol. The minimum Gasteiger partial charge on any atom is -0.507 e. The highest BCUT2D eigenvalue weighted by atomic mass is 16.3. The van der Waals surface area contributed by atoms with Gasteiger partial charge >= 0.3 is 0 Å². The molecule has 2 aromatic rings. The quantitative estimate of drug-likeness (QED) is 0.736. The predicted molar refractivity (Wildman–Crippen MR) is 104 cm³/mol. The highest BCUT2D eigenvalue weighted by Crippen LogP contribution is 2.61. The zero-order valence-corrected chi connectivity index (χ0v) is 15.5. The molecule has 2 heteroatoms. The first-order valence-corrected chi connectivity index (χ1v) is 10.1. The number of hydrogen-bond acceptors (Lipinski definition) is 2. The van der Waals surface area contributed by atoms with Gasteiger partial charge in [-0.15, -0.1) is 0 Å². The fourth-order valence-corrected chi connectivity index (χ4v) is 6.48. The van der Waals surface area contributed by atoms with Gasteiger partial charge in [0.05, 0.1) is 6.10 Å². The van der Waals surface area contributed by atoms with E-state index >= 15 is 0 Å². The van der Waals surface area contributed by atoms with E-state index in [1.54, 1.807) is 0 Å². The molecule has 3 aliphatic rings. The summed E-state index contributed by atoms with van der Waals surface area (Å²) in [6.45, 7) is 2.41. The summed E-state index contributed by atoms with van der Waals surface area (Å²) in [6.07, 6.45) is 6.56. The molecular formula is C24H28O2. The summed E-state index contributed by atoms with van der Waals surface area (Å²) in [5.41, 5.74) is 5.18. The molecule has 2 saturated carbocycles. The molecule has 0 radical (unpaired) electrons. The lowest BCUT2D eigenvalue weighted by molar-refractivity contribution is 0.0596. The first-order chi connectivity index (χ1) is 12.5. The first kappa shape index (κ1) is 16.4. The van der Waals surface area contributed by atoms with Crippen LogP contribution in [0.2, 0.25) is 0 Å². The lowest BCUT2D eigenvalue weighted by Crippen LogP contribution is -2.39. The van der Waals surface area contributed by atoms with Crippen LogP contribution < -0.4 is 0 Å². The SMILES string of the molecule is C[C@]12CC[C@@H]3c4cc(-c5ccccc5)c(O)cc4CC[C@H]3[C@@H]1C[C@@H](O)C2. The van der Waals surface area contributed by atoms with Crippen LogP contribution in [0.4, 0.5) is 0 Å². The Morgan fingerprint density at radius 1 is 1.08 bits per heavy atom. The summed E-state index contributed by atoms with van der Waals surface area (Å²) in [5.74, 6) is 2.33. The van der Waals surface area contributed by atoms with Gasteiger partial charge in [0.2, 0.25) is 0 Å². The molecule has 0 aliphatic heterocycles. The van der Waals surface area contributed by atoms with Crippen molar-refractivity contribution in [1.82, 2.24) is 0 Å². The molecule has 0 bridgehead atoms. The van der Waals surface area contributed by atoms with E-state index in [-0.39, 0.29) is 6.10 Å². The molecule has 26 heavy (non-hydrogen) atoms. The smallest absolute Gasteiger partial charge is 0.123 e. The molecular weight excluding hydrogens is 320 g/mol. The van der Waals surface area contributed by atoms with E-state index in [2.05, 4.69) is 25.1 Å². The van der Waals surface area contributed by atoms with E-state index in [1.165, 1.54) is 30.4 Å². The van der Waals surface area contributed by atoms with Crippen LogP contribution in [0.5, 0.6) is 5.75 Å². The van der Waals surface area contributed by atoms with E-state index < -0.39 is 0 Å². The first-order valence-electron chi connectivity index (χ1n) is 10.1. The highest BCUT2D eigenvalue weighted by molar-refractivity contribution is 5.72. The molecule has 5 atom stereocenters. The molecule has 0 spiro atoms. The Morgan fingerprint density at radius 2 is 1.88 bits per heavy atom. The van der Waals surface area contributed by atoms with Gasteiger partial charge in [-0.05, 0) is 90.5 Å². The predicted octanol–water partition coefficient (Wildman–Crippen LogP) is 5.28. The second kappa shape index (κ2) is 5.85. The van der Waals surface area contributed by atoms with E-state index in [9.17, 15) is 10.2 Å². The Kier molecular flexibility index (Phi) is 3.69. The van der Waals surface area contributed by atoms with Gasteiger partial charge in [0.25, 0.3) is 0 Å². The molecule has 2 N–H and O–H groups in total. The van der Waals surface area contributed by atoms with Crippen LogP contribution in [-0.2, 0) is 6.42 Å². The van der Waals surface area contributed by atoms with Crippen LogP contribution in [0.25, 0.3) is 11.1 Å². The van der Waals surface area contributed by atoms with Crippen molar-refractivity contribution in [2.24, 2.45) is 17.3 Å². The van der Waals surface area contributed by atoms with Gasteiger partial charge in [-0.2, -0.15) is 0 Å². The van der Waals surface area contributed by atoms with Crippen LogP contribution in [0.3, 0.4) is 0 Å². The molecule has 2 fully saturated rings. The Bertz CT molecular complexity index is 828. The van der Waals surface area contributed by atoms with Gasteiger partial charge in [0, 0.05) is 5.56 Å². The van der Waals surface area contributed by atoms with Crippen LogP contribution in [0.15, 0.2) is 42.5 Å². The molecule has 0 aromatic heterocycles. The van der Waals surface area contributed by atoms with Crippen molar-refractivity contribution in [2.45, 2.75) is 57.5 Å². The number of hydrogen-bond donors (Lipinski definition) is 2. The Labute approximate surface area is 155 Å². The molecule has 3 aliphatic carbocycles. The third-order valence-corrected chi connectivity index (χ3v) is 7.67. The minimum atomic E-state index is -0.107. The molecule has 5 rings (SSSR count). The number of rotatable bonds is 1. The highest BCUT2D eigenvalue weighted by Gasteiger charge is 2.52. The summed E-state index contributed by atoms with van der Waals surface area (Å²) in [5, 5.41) is 20.9. The van der Waals surface area contributed by atoms with Crippen LogP contribution in [-0.4, -0.2) is 16.3 Å². The summed E-state index contributed by atoms with van der Waals surface area (Å²) < 4.78 is 0. The fraction of sp³-hybridized carbons (Fsp3) is 0.500. The van der Waals surface area contributed by atoms with E-state index in [1.807, 2.05) is 24.3 Å². The largest absolute Gasteiger partial charge is 0.507 e. The van der Waals surface area contributed by atoms with Gasteiger partial charge in [-0.1, -0.05) is 37.3 Å². The third-order valence-electron chi connectivity index (χ3n) is 7.67. The Hall–Kier alpha value is -1.80. The molecule has 0 heterocycles. The molecule has 0 amide bonds. The molecule has 2 aromatic carbocycles. The van der Waals surface area contributed by atoms with E-state index in [0.29, 0.717) is 28.9 Å². The van der Waals surface area contributed by atoms with Gasteiger partial charge < -0.3 is 10.2 Å². The number of fused-ring (bicyclic) bond motifs is 5. The number of phenols is 1. The summed E-state index contributed by atoms with van der Waals surface area (Å²) in [7, 11) is 0. The fourth-order valence-electron chi connectivity index (χ4n) is 6.48. The topological polar surface area (TPSA) is 40.5 Å². The van der Waals surface area contributed by atoms with Gasteiger partial charge in [0.15, 0.2) is 0 Å². The van der Waals surface area contributed by atoms with Gasteiger partial charge in [0.1, 0.15) is 5.75 Å². The number of aromatic hydroxyl groups is 1. The summed E-state index contributed by atoms with van der Waals surface area (Å²) in [4.78, 5) is 0. The van der Waals surface area contributed by atoms with Crippen molar-refractivity contribution in [3.63, 3.8) is 0 Å². The number of benzene rings is 2. The number of aryl methyl sites for hydroxylation is 1. The van der Waals surface area contributed by atoms with Crippen LogP contribution in [0.1, 0.15) is 56.1 Å². The van der Waals surface area contributed by atoms with Crippen molar-refractivity contribution in [2.75, 3.05) is 0 Å². The van der Waals surface area contributed by atoms with Crippen molar-refractivity contribution >= 4 is 0 Å². The van der Waals surface area contributed by atoms with Crippen molar-refractivity contribution in [1.29, 1.82) is 0 Å². The van der Waals surface area contributed by atoms with Gasteiger partial charge in [-0.25, -0.2) is 0 Å². The maximum atomic E-state index is 10.6.